The van der Waals surface area contributed by atoms with Crippen molar-refractivity contribution < 1.29 is 19.1 Å². The lowest BCUT2D eigenvalue weighted by Gasteiger charge is -1.96. The second-order valence-electron chi connectivity index (χ2n) is 3.74. The molecule has 0 radical (unpaired) electrons. The minimum absolute atomic E-state index is 0.150. The standard InChI is InChI=1S/C8H8N2O2.C6H5ClN2O2/c1-3-6-4-10-7(5-9-6)8(11)12-2;1-11-6(10)4-2-9-5(7)3-8-4/h3-5H,1H2,2H3;2-3H,1H3. The summed E-state index contributed by atoms with van der Waals surface area (Å²) in [6.45, 7) is 3.51. The van der Waals surface area contributed by atoms with Crippen molar-refractivity contribution in [1.82, 2.24) is 19.9 Å². The van der Waals surface area contributed by atoms with Gasteiger partial charge in [-0.25, -0.2) is 24.5 Å². The molecule has 120 valence electrons. The molecule has 8 nitrogen and oxygen atoms in total. The van der Waals surface area contributed by atoms with Crippen LogP contribution < -0.4 is 0 Å². The normalized spacial score (nSPS) is 9.17. The molecule has 2 aromatic heterocycles. The molecule has 0 spiro atoms. The predicted octanol–water partition coefficient (Wildman–Crippen LogP) is 1.82. The maximum absolute atomic E-state index is 10.9. The summed E-state index contributed by atoms with van der Waals surface area (Å²) in [5.74, 6) is -1.01. The molecule has 0 atom stereocenters. The molecule has 0 unspecified atom stereocenters. The zero-order chi connectivity index (χ0) is 17.2. The molecule has 0 bridgehead atoms. The largest absolute Gasteiger partial charge is 0.464 e. The van der Waals surface area contributed by atoms with Crippen molar-refractivity contribution in [3.63, 3.8) is 0 Å². The third-order valence-corrected chi connectivity index (χ3v) is 2.49. The number of halogens is 1. The van der Waals surface area contributed by atoms with Gasteiger partial charge in [-0.2, -0.15) is 0 Å². The van der Waals surface area contributed by atoms with Crippen molar-refractivity contribution in [2.45, 2.75) is 0 Å². The van der Waals surface area contributed by atoms with Gasteiger partial charge < -0.3 is 9.47 Å². The highest BCUT2D eigenvalue weighted by Crippen LogP contribution is 2.01. The van der Waals surface area contributed by atoms with Crippen LogP contribution in [0.1, 0.15) is 26.7 Å². The zero-order valence-corrected chi connectivity index (χ0v) is 13.1. The average molecular weight is 337 g/mol. The van der Waals surface area contributed by atoms with Crippen LogP contribution in [0.3, 0.4) is 0 Å². The molecule has 2 aromatic rings. The second-order valence-corrected chi connectivity index (χ2v) is 4.13. The number of aromatic nitrogens is 4. The molecule has 23 heavy (non-hydrogen) atoms. The molecule has 0 aliphatic heterocycles. The van der Waals surface area contributed by atoms with E-state index in [2.05, 4.69) is 36.0 Å². The Morgan fingerprint density at radius 1 is 0.957 bits per heavy atom. The lowest BCUT2D eigenvalue weighted by atomic mass is 10.4. The quantitative estimate of drug-likeness (QED) is 0.782. The topological polar surface area (TPSA) is 104 Å². The van der Waals surface area contributed by atoms with Gasteiger partial charge in [-0.05, 0) is 6.08 Å². The molecule has 0 fully saturated rings. The summed E-state index contributed by atoms with van der Waals surface area (Å²) in [5.41, 5.74) is 0.975. The van der Waals surface area contributed by atoms with E-state index >= 15 is 0 Å². The van der Waals surface area contributed by atoms with Gasteiger partial charge >= 0.3 is 11.9 Å². The third kappa shape index (κ3) is 5.79. The van der Waals surface area contributed by atoms with Crippen LogP contribution in [0.15, 0.2) is 31.4 Å². The molecule has 0 aromatic carbocycles. The van der Waals surface area contributed by atoms with E-state index in [-0.39, 0.29) is 16.5 Å². The first-order valence-electron chi connectivity index (χ1n) is 6.10. The highest BCUT2D eigenvalue weighted by Gasteiger charge is 2.06. The second kappa shape index (κ2) is 9.21. The van der Waals surface area contributed by atoms with E-state index in [9.17, 15) is 9.59 Å². The summed E-state index contributed by atoms with van der Waals surface area (Å²) in [5, 5.41) is 0.248. The van der Waals surface area contributed by atoms with E-state index in [0.717, 1.165) is 0 Å². The summed E-state index contributed by atoms with van der Waals surface area (Å²) in [6, 6.07) is 0. The Morgan fingerprint density at radius 3 is 1.83 bits per heavy atom. The van der Waals surface area contributed by atoms with Crippen molar-refractivity contribution >= 4 is 29.6 Å². The molecule has 0 saturated carbocycles. The van der Waals surface area contributed by atoms with Gasteiger partial charge in [0, 0.05) is 0 Å². The fourth-order valence-corrected chi connectivity index (χ4v) is 1.27. The first-order chi connectivity index (χ1) is 11.0. The molecular formula is C14H13ClN4O4. The van der Waals surface area contributed by atoms with Gasteiger partial charge in [-0.3, -0.25) is 4.98 Å². The lowest BCUT2D eigenvalue weighted by molar-refractivity contribution is 0.0584. The van der Waals surface area contributed by atoms with Gasteiger partial charge in [0.05, 0.1) is 44.7 Å². The van der Waals surface area contributed by atoms with Crippen LogP contribution in [0.5, 0.6) is 0 Å². The molecule has 9 heteroatoms. The molecule has 0 saturated heterocycles. The van der Waals surface area contributed by atoms with Crippen LogP contribution >= 0.6 is 11.6 Å². The van der Waals surface area contributed by atoms with Gasteiger partial charge in [0.25, 0.3) is 0 Å². The zero-order valence-electron chi connectivity index (χ0n) is 12.4. The number of nitrogens with zero attached hydrogens (tertiary/aromatic N) is 4. The van der Waals surface area contributed by atoms with Crippen LogP contribution in [0.25, 0.3) is 6.08 Å². The lowest BCUT2D eigenvalue weighted by Crippen LogP contribution is -2.04. The third-order valence-electron chi connectivity index (χ3n) is 2.29. The summed E-state index contributed by atoms with van der Waals surface area (Å²) < 4.78 is 8.83. The number of hydrogen-bond acceptors (Lipinski definition) is 8. The fraction of sp³-hybridized carbons (Fsp3) is 0.143. The summed E-state index contributed by atoms with van der Waals surface area (Å²) in [7, 11) is 2.57. The molecular weight excluding hydrogens is 324 g/mol. The Bertz CT molecular complexity index is 674. The molecule has 0 aliphatic carbocycles. The number of methoxy groups -OCH3 is 2. The number of hydrogen-bond donors (Lipinski definition) is 0. The van der Waals surface area contributed by atoms with Crippen molar-refractivity contribution in [1.29, 1.82) is 0 Å². The monoisotopic (exact) mass is 336 g/mol. The molecule has 2 heterocycles. The first kappa shape index (κ1) is 18.2. The molecule has 0 aliphatic rings. The Morgan fingerprint density at radius 2 is 1.48 bits per heavy atom. The van der Waals surface area contributed by atoms with Crippen molar-refractivity contribution in [2.24, 2.45) is 0 Å². The highest BCUT2D eigenvalue weighted by atomic mass is 35.5. The Labute approximate surface area is 137 Å². The van der Waals surface area contributed by atoms with E-state index in [4.69, 9.17) is 11.6 Å². The molecule has 0 amide bonds. The number of rotatable bonds is 3. The number of ether oxygens (including phenoxy) is 2. The van der Waals surface area contributed by atoms with E-state index in [1.54, 1.807) is 6.08 Å². The van der Waals surface area contributed by atoms with Crippen LogP contribution in [0, 0.1) is 0 Å². The summed E-state index contributed by atoms with van der Waals surface area (Å²) in [4.78, 5) is 36.6. The van der Waals surface area contributed by atoms with Crippen LogP contribution in [0.4, 0.5) is 0 Å². The highest BCUT2D eigenvalue weighted by molar-refractivity contribution is 6.29. The van der Waals surface area contributed by atoms with Gasteiger partial charge in [0.1, 0.15) is 5.15 Å². The van der Waals surface area contributed by atoms with Crippen LogP contribution in [-0.2, 0) is 9.47 Å². The van der Waals surface area contributed by atoms with Crippen molar-refractivity contribution in [3.05, 3.63) is 53.6 Å². The molecule has 0 N–H and O–H groups in total. The Balaban J connectivity index is 0.000000231. The first-order valence-corrected chi connectivity index (χ1v) is 6.48. The van der Waals surface area contributed by atoms with E-state index in [1.165, 1.54) is 39.0 Å². The Hall–Kier alpha value is -2.87. The van der Waals surface area contributed by atoms with Crippen molar-refractivity contribution in [2.75, 3.05) is 14.2 Å². The van der Waals surface area contributed by atoms with Gasteiger partial charge in [-0.15, -0.1) is 0 Å². The maximum Gasteiger partial charge on any atom is 0.358 e. The summed E-state index contributed by atoms with van der Waals surface area (Å²) in [6.07, 6.45) is 6.90. The van der Waals surface area contributed by atoms with E-state index < -0.39 is 11.9 Å². The van der Waals surface area contributed by atoms with Crippen LogP contribution in [0.2, 0.25) is 5.15 Å². The minimum atomic E-state index is -0.519. The average Bonchev–Trinajstić information content (AvgIpc) is 2.61. The number of carbonyl (C=O) groups is 2. The number of esters is 2. The van der Waals surface area contributed by atoms with Gasteiger partial charge in [-0.1, -0.05) is 18.2 Å². The number of carbonyl (C=O) groups excluding carboxylic acids is 2. The minimum Gasteiger partial charge on any atom is -0.464 e. The SMILES string of the molecule is C=Cc1cnc(C(=O)OC)cn1.COC(=O)c1cnc(Cl)cn1. The van der Waals surface area contributed by atoms with E-state index in [0.29, 0.717) is 5.69 Å². The smallest absolute Gasteiger partial charge is 0.358 e. The fourth-order valence-electron chi connectivity index (χ4n) is 1.18. The van der Waals surface area contributed by atoms with E-state index in [1.807, 2.05) is 0 Å². The van der Waals surface area contributed by atoms with Gasteiger partial charge in [0.15, 0.2) is 11.4 Å². The predicted molar refractivity (Wildman–Crippen MR) is 81.8 cm³/mol. The Kier molecular flexibility index (Phi) is 7.28. The molecule has 2 rings (SSSR count). The van der Waals surface area contributed by atoms with Crippen LogP contribution in [-0.4, -0.2) is 46.1 Å². The summed E-state index contributed by atoms with van der Waals surface area (Å²) >= 11 is 5.43. The van der Waals surface area contributed by atoms with Gasteiger partial charge in [0.2, 0.25) is 0 Å². The van der Waals surface area contributed by atoms with Crippen molar-refractivity contribution in [3.8, 4) is 0 Å². The maximum atomic E-state index is 10.9.